The van der Waals surface area contributed by atoms with Crippen molar-refractivity contribution in [1.29, 1.82) is 0 Å². The third-order valence-electron chi connectivity index (χ3n) is 3.87. The van der Waals surface area contributed by atoms with Gasteiger partial charge in [0.1, 0.15) is 11.5 Å². The number of thiophene rings is 1. The summed E-state index contributed by atoms with van der Waals surface area (Å²) >= 11 is 7.99. The Balaban J connectivity index is 1.95. The second-order valence-electron chi connectivity index (χ2n) is 5.13. The molecule has 1 N–H and O–H groups in total. The van der Waals surface area contributed by atoms with Crippen molar-refractivity contribution < 1.29 is 0 Å². The zero-order chi connectivity index (χ0) is 14.4. The normalized spacial score (nSPS) is 13.2. The van der Waals surface area contributed by atoms with Gasteiger partial charge in [-0.25, -0.2) is 4.68 Å². The van der Waals surface area contributed by atoms with E-state index < -0.39 is 0 Å². The van der Waals surface area contributed by atoms with E-state index in [1.54, 1.807) is 11.3 Å². The molecular formula is C16H14ClN3S. The van der Waals surface area contributed by atoms with E-state index in [2.05, 4.69) is 28.9 Å². The average Bonchev–Trinajstić information content (AvgIpc) is 3.17. The SMILES string of the molecule is Cc1c(Cl)cccc1-n1nc(-c2cccs2)c2c1NCC2. The summed E-state index contributed by atoms with van der Waals surface area (Å²) in [5.41, 5.74) is 4.48. The highest BCUT2D eigenvalue weighted by Crippen LogP contribution is 2.37. The zero-order valence-corrected chi connectivity index (χ0v) is 13.1. The van der Waals surface area contributed by atoms with E-state index in [-0.39, 0.29) is 0 Å². The molecule has 0 saturated carbocycles. The summed E-state index contributed by atoms with van der Waals surface area (Å²) < 4.78 is 2.00. The fourth-order valence-electron chi connectivity index (χ4n) is 2.79. The Hall–Kier alpha value is -1.78. The average molecular weight is 316 g/mol. The molecule has 1 aliphatic rings. The van der Waals surface area contributed by atoms with Crippen LogP contribution in [0.25, 0.3) is 16.3 Å². The zero-order valence-electron chi connectivity index (χ0n) is 11.6. The van der Waals surface area contributed by atoms with E-state index in [1.807, 2.05) is 23.7 Å². The minimum atomic E-state index is 0.771. The molecule has 0 radical (unpaired) electrons. The van der Waals surface area contributed by atoms with E-state index in [4.69, 9.17) is 16.7 Å². The lowest BCUT2D eigenvalue weighted by Crippen LogP contribution is -2.05. The van der Waals surface area contributed by atoms with Gasteiger partial charge < -0.3 is 5.32 Å². The van der Waals surface area contributed by atoms with Crippen LogP contribution in [0.15, 0.2) is 35.7 Å². The smallest absolute Gasteiger partial charge is 0.133 e. The Morgan fingerprint density at radius 1 is 1.29 bits per heavy atom. The molecule has 4 rings (SSSR count). The van der Waals surface area contributed by atoms with E-state index in [0.717, 1.165) is 40.8 Å². The van der Waals surface area contributed by atoms with E-state index in [1.165, 1.54) is 10.4 Å². The quantitative estimate of drug-likeness (QED) is 0.753. The Bertz CT molecular complexity index is 805. The molecule has 0 spiro atoms. The summed E-state index contributed by atoms with van der Waals surface area (Å²) in [6.45, 7) is 3.00. The first kappa shape index (κ1) is 12.9. The van der Waals surface area contributed by atoms with Crippen LogP contribution < -0.4 is 5.32 Å². The van der Waals surface area contributed by atoms with Crippen molar-refractivity contribution in [2.24, 2.45) is 0 Å². The largest absolute Gasteiger partial charge is 0.369 e. The summed E-state index contributed by atoms with van der Waals surface area (Å²) in [6, 6.07) is 10.1. The third-order valence-corrected chi connectivity index (χ3v) is 5.16. The Kier molecular flexibility index (Phi) is 3.01. The number of fused-ring (bicyclic) bond motifs is 1. The number of benzene rings is 1. The number of halogens is 1. The van der Waals surface area contributed by atoms with Crippen molar-refractivity contribution in [1.82, 2.24) is 9.78 Å². The van der Waals surface area contributed by atoms with Crippen molar-refractivity contribution >= 4 is 28.8 Å². The highest BCUT2D eigenvalue weighted by Gasteiger charge is 2.25. The first-order chi connectivity index (χ1) is 10.3. The van der Waals surface area contributed by atoms with Crippen LogP contribution in [0.3, 0.4) is 0 Å². The second-order valence-corrected chi connectivity index (χ2v) is 6.48. The van der Waals surface area contributed by atoms with Gasteiger partial charge in [0.05, 0.1) is 10.6 Å². The predicted octanol–water partition coefficient (Wildman–Crippen LogP) is 4.53. The number of hydrogen-bond acceptors (Lipinski definition) is 3. The van der Waals surface area contributed by atoms with Gasteiger partial charge in [-0.2, -0.15) is 5.10 Å². The van der Waals surface area contributed by atoms with Crippen molar-refractivity contribution in [2.75, 3.05) is 11.9 Å². The van der Waals surface area contributed by atoms with Crippen LogP contribution in [0, 0.1) is 6.92 Å². The maximum atomic E-state index is 6.26. The third kappa shape index (κ3) is 1.98. The number of rotatable bonds is 2. The molecule has 1 aromatic carbocycles. The Morgan fingerprint density at radius 2 is 2.19 bits per heavy atom. The van der Waals surface area contributed by atoms with Gasteiger partial charge in [0, 0.05) is 17.1 Å². The molecule has 0 fully saturated rings. The lowest BCUT2D eigenvalue weighted by molar-refractivity contribution is 0.876. The molecule has 2 aromatic heterocycles. The van der Waals surface area contributed by atoms with Gasteiger partial charge in [-0.3, -0.25) is 0 Å². The second kappa shape index (κ2) is 4.90. The number of nitrogens with one attached hydrogen (secondary N) is 1. The highest BCUT2D eigenvalue weighted by atomic mass is 35.5. The van der Waals surface area contributed by atoms with Gasteiger partial charge >= 0.3 is 0 Å². The maximum absolute atomic E-state index is 6.26. The molecule has 3 heterocycles. The van der Waals surface area contributed by atoms with Crippen LogP contribution in [0.1, 0.15) is 11.1 Å². The molecule has 3 aromatic rings. The fraction of sp³-hybridized carbons (Fsp3) is 0.188. The Morgan fingerprint density at radius 3 is 3.00 bits per heavy atom. The summed E-state index contributed by atoms with van der Waals surface area (Å²) in [6.07, 6.45) is 1.02. The van der Waals surface area contributed by atoms with Gasteiger partial charge in [-0.1, -0.05) is 23.7 Å². The van der Waals surface area contributed by atoms with Gasteiger partial charge in [0.15, 0.2) is 0 Å². The summed E-state index contributed by atoms with van der Waals surface area (Å²) in [4.78, 5) is 1.22. The van der Waals surface area contributed by atoms with Crippen LogP contribution >= 0.6 is 22.9 Å². The lowest BCUT2D eigenvalue weighted by atomic mass is 10.2. The van der Waals surface area contributed by atoms with Crippen LogP contribution in [0.5, 0.6) is 0 Å². The number of aromatic nitrogens is 2. The molecule has 0 atom stereocenters. The first-order valence-corrected chi connectivity index (χ1v) is 8.16. The van der Waals surface area contributed by atoms with Gasteiger partial charge in [0.2, 0.25) is 0 Å². The number of anilines is 1. The Labute approximate surface area is 132 Å². The topological polar surface area (TPSA) is 29.9 Å². The molecule has 0 amide bonds. The number of nitrogens with zero attached hydrogens (tertiary/aromatic N) is 2. The minimum Gasteiger partial charge on any atom is -0.369 e. The van der Waals surface area contributed by atoms with Crippen molar-refractivity contribution in [3.8, 4) is 16.3 Å². The van der Waals surface area contributed by atoms with E-state index in [0.29, 0.717) is 0 Å². The molecule has 0 unspecified atom stereocenters. The maximum Gasteiger partial charge on any atom is 0.133 e. The van der Waals surface area contributed by atoms with E-state index in [9.17, 15) is 0 Å². The van der Waals surface area contributed by atoms with Crippen LogP contribution in [0.2, 0.25) is 5.02 Å². The summed E-state index contributed by atoms with van der Waals surface area (Å²) in [5, 5.41) is 11.2. The fourth-order valence-corrected chi connectivity index (χ4v) is 3.69. The first-order valence-electron chi connectivity index (χ1n) is 6.91. The van der Waals surface area contributed by atoms with Gasteiger partial charge in [-0.05, 0) is 42.5 Å². The predicted molar refractivity (Wildman–Crippen MR) is 88.8 cm³/mol. The summed E-state index contributed by atoms with van der Waals surface area (Å²) in [5.74, 6) is 1.10. The molecule has 0 saturated heterocycles. The summed E-state index contributed by atoms with van der Waals surface area (Å²) in [7, 11) is 0. The molecule has 0 aliphatic carbocycles. The highest BCUT2D eigenvalue weighted by molar-refractivity contribution is 7.13. The minimum absolute atomic E-state index is 0.771. The molecular weight excluding hydrogens is 302 g/mol. The molecule has 3 nitrogen and oxygen atoms in total. The number of hydrogen-bond donors (Lipinski definition) is 1. The van der Waals surface area contributed by atoms with Gasteiger partial charge in [-0.15, -0.1) is 11.3 Å². The van der Waals surface area contributed by atoms with Crippen molar-refractivity contribution in [3.05, 3.63) is 51.9 Å². The van der Waals surface area contributed by atoms with Crippen LogP contribution in [-0.2, 0) is 6.42 Å². The standard InChI is InChI=1S/C16H14ClN3S/c1-10-12(17)4-2-5-13(10)20-16-11(7-8-18-16)15(19-20)14-6-3-9-21-14/h2-6,9,18H,7-8H2,1H3. The van der Waals surface area contributed by atoms with Crippen LogP contribution in [0.4, 0.5) is 5.82 Å². The monoisotopic (exact) mass is 315 g/mol. The molecule has 106 valence electrons. The van der Waals surface area contributed by atoms with Crippen LogP contribution in [-0.4, -0.2) is 16.3 Å². The van der Waals surface area contributed by atoms with E-state index >= 15 is 0 Å². The lowest BCUT2D eigenvalue weighted by Gasteiger charge is -2.10. The molecule has 0 bridgehead atoms. The molecule has 21 heavy (non-hydrogen) atoms. The van der Waals surface area contributed by atoms with Gasteiger partial charge in [0.25, 0.3) is 0 Å². The molecule has 1 aliphatic heterocycles. The van der Waals surface area contributed by atoms with Crippen molar-refractivity contribution in [2.45, 2.75) is 13.3 Å². The molecule has 5 heteroatoms. The van der Waals surface area contributed by atoms with Crippen molar-refractivity contribution in [3.63, 3.8) is 0 Å².